The Balaban J connectivity index is 2.50. The molecule has 1 fully saturated rings. The Labute approximate surface area is 361 Å². The van der Waals surface area contributed by atoms with Crippen molar-refractivity contribution in [2.24, 2.45) is 0 Å². The molecule has 0 radical (unpaired) electrons. The van der Waals surface area contributed by atoms with E-state index in [0.717, 1.165) is 64.2 Å². The Hall–Kier alpha value is -2.91. The Bertz CT molecular complexity index is 1390. The van der Waals surface area contributed by atoms with E-state index in [1.165, 1.54) is 44.9 Å². The molecule has 1 rings (SSSR count). The highest BCUT2D eigenvalue weighted by atomic mass is 32.2. The summed E-state index contributed by atoms with van der Waals surface area (Å²) in [6, 6.07) is 0. The lowest BCUT2D eigenvalue weighted by Gasteiger charge is -2.40. The molecule has 13 heteroatoms. The second-order valence-electron chi connectivity index (χ2n) is 15.3. The summed E-state index contributed by atoms with van der Waals surface area (Å²) in [6.45, 7) is 3.57. The van der Waals surface area contributed by atoms with Crippen LogP contribution in [0.2, 0.25) is 0 Å². The van der Waals surface area contributed by atoms with Gasteiger partial charge in [-0.3, -0.25) is 14.1 Å². The van der Waals surface area contributed by atoms with Crippen molar-refractivity contribution in [3.8, 4) is 0 Å². The molecule has 6 atom stereocenters. The van der Waals surface area contributed by atoms with Crippen molar-refractivity contribution in [2.45, 2.75) is 192 Å². The minimum atomic E-state index is -4.61. The smallest absolute Gasteiger partial charge is 0.306 e. The molecule has 1 saturated heterocycles. The molecule has 60 heavy (non-hydrogen) atoms. The molecule has 12 nitrogen and oxygen atoms in total. The number of aliphatic hydroxyl groups is 3. The second kappa shape index (κ2) is 36.7. The first-order chi connectivity index (χ1) is 29.0. The Morgan fingerprint density at radius 2 is 1.07 bits per heavy atom. The van der Waals surface area contributed by atoms with Gasteiger partial charge < -0.3 is 34.3 Å². The molecule has 2 unspecified atom stereocenters. The van der Waals surface area contributed by atoms with Gasteiger partial charge in [-0.05, 0) is 77.0 Å². The molecular weight excluding hydrogens is 789 g/mol. The molecule has 1 heterocycles. The number of esters is 2. The molecule has 0 saturated carbocycles. The first-order valence-corrected chi connectivity index (χ1v) is 24.1. The van der Waals surface area contributed by atoms with Crippen LogP contribution in [0, 0.1) is 0 Å². The SMILES string of the molecule is CC/C=C/C/C=C/C/C=C/C/C=C/C/C=C/CCCC(=O)OC[C@H](CO[C@H]1O[C@H](CS(=O)(=O)O)[C@@H](O)C(O)C1O)OC(=O)CCCCCCCCC/C=C/CCCCCC. The number of allylic oxidation sites excluding steroid dienone is 12. The zero-order valence-electron chi connectivity index (χ0n) is 36.5. The summed E-state index contributed by atoms with van der Waals surface area (Å²) in [7, 11) is -4.61. The van der Waals surface area contributed by atoms with Gasteiger partial charge >= 0.3 is 11.9 Å². The van der Waals surface area contributed by atoms with Crippen molar-refractivity contribution in [1.82, 2.24) is 0 Å². The minimum absolute atomic E-state index is 0.136. The zero-order chi connectivity index (χ0) is 44.1. The molecule has 0 aromatic heterocycles. The lowest BCUT2D eigenvalue weighted by Crippen LogP contribution is -2.60. The van der Waals surface area contributed by atoms with Crippen molar-refractivity contribution in [3.05, 3.63) is 72.9 Å². The van der Waals surface area contributed by atoms with Gasteiger partial charge in [0.15, 0.2) is 12.4 Å². The number of hydrogen-bond acceptors (Lipinski definition) is 11. The van der Waals surface area contributed by atoms with E-state index in [0.29, 0.717) is 19.3 Å². The summed E-state index contributed by atoms with van der Waals surface area (Å²) in [4.78, 5) is 25.4. The number of carbonyl (C=O) groups excluding carboxylic acids is 2. The number of rotatable bonds is 36. The first-order valence-electron chi connectivity index (χ1n) is 22.5. The number of aliphatic hydroxyl groups excluding tert-OH is 3. The van der Waals surface area contributed by atoms with E-state index < -0.39 is 71.2 Å². The average Bonchev–Trinajstić information content (AvgIpc) is 3.21. The van der Waals surface area contributed by atoms with E-state index in [9.17, 15) is 37.9 Å². The average molecular weight is 867 g/mol. The third-order valence-electron chi connectivity index (χ3n) is 9.77. The normalized spacial score (nSPS) is 20.8. The first kappa shape index (κ1) is 55.1. The van der Waals surface area contributed by atoms with E-state index >= 15 is 0 Å². The fourth-order valence-corrected chi connectivity index (χ4v) is 6.98. The van der Waals surface area contributed by atoms with Gasteiger partial charge in [-0.15, -0.1) is 0 Å². The van der Waals surface area contributed by atoms with Crippen LogP contribution >= 0.6 is 0 Å². The Morgan fingerprint density at radius 1 is 0.583 bits per heavy atom. The second-order valence-corrected chi connectivity index (χ2v) is 16.8. The molecule has 0 spiro atoms. The van der Waals surface area contributed by atoms with Crippen LogP contribution in [0.4, 0.5) is 0 Å². The molecule has 0 amide bonds. The topological polar surface area (TPSA) is 186 Å². The van der Waals surface area contributed by atoms with Gasteiger partial charge in [0.25, 0.3) is 10.1 Å². The van der Waals surface area contributed by atoms with Crippen molar-refractivity contribution in [1.29, 1.82) is 0 Å². The highest BCUT2D eigenvalue weighted by Crippen LogP contribution is 2.24. The molecule has 1 aliphatic heterocycles. The predicted octanol–water partition coefficient (Wildman–Crippen LogP) is 9.11. The van der Waals surface area contributed by atoms with E-state index in [1.807, 2.05) is 12.2 Å². The monoisotopic (exact) mass is 867 g/mol. The maximum atomic E-state index is 12.8. The third-order valence-corrected chi connectivity index (χ3v) is 10.5. The van der Waals surface area contributed by atoms with Crippen LogP contribution in [-0.2, 0) is 38.7 Å². The maximum absolute atomic E-state index is 12.8. The third kappa shape index (κ3) is 31.0. The van der Waals surface area contributed by atoms with Gasteiger partial charge in [-0.2, -0.15) is 8.42 Å². The summed E-state index contributed by atoms with van der Waals surface area (Å²) in [5.41, 5.74) is 0. The van der Waals surface area contributed by atoms with Crippen LogP contribution in [0.3, 0.4) is 0 Å². The summed E-state index contributed by atoms with van der Waals surface area (Å²) in [6.07, 6.45) is 36.6. The summed E-state index contributed by atoms with van der Waals surface area (Å²) in [5.74, 6) is -2.07. The number of hydrogen-bond donors (Lipinski definition) is 4. The lowest BCUT2D eigenvalue weighted by molar-refractivity contribution is -0.297. The summed E-state index contributed by atoms with van der Waals surface area (Å²) < 4.78 is 54.0. The molecule has 0 aromatic rings. The summed E-state index contributed by atoms with van der Waals surface area (Å²) in [5, 5.41) is 30.9. The van der Waals surface area contributed by atoms with Gasteiger partial charge in [0.2, 0.25) is 0 Å². The highest BCUT2D eigenvalue weighted by Gasteiger charge is 2.46. The van der Waals surface area contributed by atoms with Crippen LogP contribution in [0.1, 0.15) is 155 Å². The van der Waals surface area contributed by atoms with Crippen molar-refractivity contribution in [3.63, 3.8) is 0 Å². The fraction of sp³-hybridized carbons (Fsp3) is 0.702. The molecule has 0 aliphatic carbocycles. The van der Waals surface area contributed by atoms with Crippen LogP contribution in [0.15, 0.2) is 72.9 Å². The maximum Gasteiger partial charge on any atom is 0.306 e. The fourth-order valence-electron chi connectivity index (χ4n) is 6.29. The van der Waals surface area contributed by atoms with E-state index in [4.69, 9.17) is 18.9 Å². The molecule has 1 aliphatic rings. The molecule has 0 aromatic carbocycles. The largest absolute Gasteiger partial charge is 0.462 e. The molecule has 344 valence electrons. The number of unbranched alkanes of at least 4 members (excludes halogenated alkanes) is 12. The van der Waals surface area contributed by atoms with Crippen LogP contribution in [-0.4, -0.2) is 96.0 Å². The molecule has 0 bridgehead atoms. The van der Waals surface area contributed by atoms with E-state index in [-0.39, 0.29) is 19.4 Å². The zero-order valence-corrected chi connectivity index (χ0v) is 37.3. The van der Waals surface area contributed by atoms with Gasteiger partial charge in [0.1, 0.15) is 36.8 Å². The van der Waals surface area contributed by atoms with Gasteiger partial charge in [0, 0.05) is 12.8 Å². The van der Waals surface area contributed by atoms with Crippen LogP contribution < -0.4 is 0 Å². The van der Waals surface area contributed by atoms with E-state index in [2.05, 4.69) is 74.6 Å². The van der Waals surface area contributed by atoms with Crippen LogP contribution in [0.25, 0.3) is 0 Å². The van der Waals surface area contributed by atoms with Crippen LogP contribution in [0.5, 0.6) is 0 Å². The Morgan fingerprint density at radius 3 is 1.63 bits per heavy atom. The quantitative estimate of drug-likeness (QED) is 0.0203. The van der Waals surface area contributed by atoms with Crippen molar-refractivity contribution in [2.75, 3.05) is 19.0 Å². The Kier molecular flexibility index (Phi) is 33.7. The van der Waals surface area contributed by atoms with Crippen molar-refractivity contribution >= 4 is 22.1 Å². The molecular formula is C47H78O12S. The minimum Gasteiger partial charge on any atom is -0.462 e. The number of ether oxygens (including phenoxy) is 4. The number of carbonyl (C=O) groups is 2. The van der Waals surface area contributed by atoms with Gasteiger partial charge in [-0.1, -0.05) is 138 Å². The lowest BCUT2D eigenvalue weighted by atomic mass is 10.00. The predicted molar refractivity (Wildman–Crippen MR) is 238 cm³/mol. The van der Waals surface area contributed by atoms with E-state index in [1.54, 1.807) is 0 Å². The highest BCUT2D eigenvalue weighted by molar-refractivity contribution is 7.85. The standard InChI is InChI=1S/C47H78O12S/c1-3-5-7-9-11-13-15-17-19-20-22-23-25-27-29-31-33-35-42(48)56-37-40(38-57-47-46(52)45(51)44(50)41(59-47)39-60(53,54)55)58-43(49)36-34-32-30-28-26-24-21-18-16-14-12-10-8-6-4-2/h5,7,11,13-14,16-17,19,22-23,27,29,40-41,44-47,50-52H,3-4,6,8-10,12,15,18,20-21,24-26,28,30-39H2,1-2H3,(H,53,54,55)/b7-5+,13-11+,16-14+,19-17+,23-22+,29-27+/t40-,41-,44-,45?,46?,47+/m1/s1. The summed E-state index contributed by atoms with van der Waals surface area (Å²) >= 11 is 0. The van der Waals surface area contributed by atoms with Gasteiger partial charge in [0.05, 0.1) is 6.61 Å². The molecule has 4 N–H and O–H groups in total. The van der Waals surface area contributed by atoms with Crippen molar-refractivity contribution < 1.29 is 56.8 Å². The van der Waals surface area contributed by atoms with Gasteiger partial charge in [-0.25, -0.2) is 0 Å².